The summed E-state index contributed by atoms with van der Waals surface area (Å²) in [6.07, 6.45) is 2.61. The van der Waals surface area contributed by atoms with Crippen molar-refractivity contribution in [2.45, 2.75) is 32.9 Å². The second-order valence-corrected chi connectivity index (χ2v) is 6.42. The number of carbonyl (C=O) groups excluding carboxylic acids is 1. The molecule has 0 saturated heterocycles. The summed E-state index contributed by atoms with van der Waals surface area (Å²) in [6.45, 7) is 8.76. The first-order chi connectivity index (χ1) is 8.99. The Bertz CT molecular complexity index is 433. The summed E-state index contributed by atoms with van der Waals surface area (Å²) < 4.78 is 0.729. The van der Waals surface area contributed by atoms with Crippen LogP contribution in [0.4, 0.5) is 0 Å². The minimum Gasteiger partial charge on any atom is -0.332 e. The normalized spacial score (nSPS) is 13.9. The lowest BCUT2D eigenvalue weighted by molar-refractivity contribution is -0.133. The molecule has 0 fully saturated rings. The van der Waals surface area contributed by atoms with Crippen LogP contribution < -0.4 is 5.73 Å². The molecule has 0 radical (unpaired) electrons. The molecule has 0 aliphatic rings. The SMILES string of the molecule is C=CCN(Cc1ccc(Cl)s1)C(=O)[C@@H](N)C(C)CC. The van der Waals surface area contributed by atoms with Gasteiger partial charge >= 0.3 is 0 Å². The van der Waals surface area contributed by atoms with Crippen LogP contribution in [0.2, 0.25) is 4.34 Å². The third kappa shape index (κ3) is 4.64. The van der Waals surface area contributed by atoms with Crippen LogP contribution in [-0.4, -0.2) is 23.4 Å². The van der Waals surface area contributed by atoms with E-state index in [2.05, 4.69) is 6.58 Å². The van der Waals surface area contributed by atoms with E-state index in [1.165, 1.54) is 11.3 Å². The molecule has 5 heteroatoms. The van der Waals surface area contributed by atoms with Gasteiger partial charge in [0, 0.05) is 11.4 Å². The molecule has 0 saturated carbocycles. The van der Waals surface area contributed by atoms with Gasteiger partial charge in [0.2, 0.25) is 5.91 Å². The topological polar surface area (TPSA) is 46.3 Å². The third-order valence-corrected chi connectivity index (χ3v) is 4.39. The number of nitrogens with two attached hydrogens (primary N) is 1. The number of hydrogen-bond donors (Lipinski definition) is 1. The molecule has 2 N–H and O–H groups in total. The summed E-state index contributed by atoms with van der Waals surface area (Å²) in [5, 5.41) is 0. The van der Waals surface area contributed by atoms with Gasteiger partial charge in [0.25, 0.3) is 0 Å². The van der Waals surface area contributed by atoms with E-state index in [0.717, 1.165) is 15.6 Å². The summed E-state index contributed by atoms with van der Waals surface area (Å²) in [5.74, 6) is 0.144. The Kier molecular flexibility index (Phi) is 6.55. The molecule has 0 aliphatic heterocycles. The molecule has 2 atom stereocenters. The highest BCUT2D eigenvalue weighted by molar-refractivity contribution is 7.16. The lowest BCUT2D eigenvalue weighted by Crippen LogP contribution is -2.46. The molecule has 1 rings (SSSR count). The maximum Gasteiger partial charge on any atom is 0.240 e. The van der Waals surface area contributed by atoms with Gasteiger partial charge in [-0.05, 0) is 18.1 Å². The standard InChI is InChI=1S/C14H21ClN2OS/c1-4-8-17(9-11-6-7-12(15)19-11)14(18)13(16)10(3)5-2/h4,6-7,10,13H,1,5,8-9,16H2,2-3H3/t10?,13-/m0/s1. The Hall–Kier alpha value is -0.840. The van der Waals surface area contributed by atoms with Gasteiger partial charge in [-0.2, -0.15) is 0 Å². The van der Waals surface area contributed by atoms with Crippen LogP contribution in [0, 0.1) is 5.92 Å². The average Bonchev–Trinajstić information content (AvgIpc) is 2.81. The fourth-order valence-corrected chi connectivity index (χ4v) is 2.82. The van der Waals surface area contributed by atoms with E-state index >= 15 is 0 Å². The first-order valence-corrected chi connectivity index (χ1v) is 7.58. The smallest absolute Gasteiger partial charge is 0.240 e. The van der Waals surface area contributed by atoms with E-state index < -0.39 is 6.04 Å². The predicted molar refractivity (Wildman–Crippen MR) is 82.4 cm³/mol. The summed E-state index contributed by atoms with van der Waals surface area (Å²) in [5.41, 5.74) is 6.01. The molecule has 0 aliphatic carbocycles. The first kappa shape index (κ1) is 16.2. The Morgan fingerprint density at radius 1 is 1.63 bits per heavy atom. The zero-order valence-electron chi connectivity index (χ0n) is 11.4. The Balaban J connectivity index is 2.76. The van der Waals surface area contributed by atoms with E-state index in [-0.39, 0.29) is 11.8 Å². The van der Waals surface area contributed by atoms with Crippen molar-refractivity contribution in [1.82, 2.24) is 4.90 Å². The zero-order valence-corrected chi connectivity index (χ0v) is 13.0. The molecule has 106 valence electrons. The zero-order chi connectivity index (χ0) is 14.4. The van der Waals surface area contributed by atoms with Crippen molar-refractivity contribution < 1.29 is 4.79 Å². The molecular formula is C14H21ClN2OS. The van der Waals surface area contributed by atoms with Crippen LogP contribution >= 0.6 is 22.9 Å². The number of thiophene rings is 1. The fraction of sp³-hybridized carbons (Fsp3) is 0.500. The highest BCUT2D eigenvalue weighted by Crippen LogP contribution is 2.23. The molecule has 1 unspecified atom stereocenters. The molecule has 0 bridgehead atoms. The molecular weight excluding hydrogens is 280 g/mol. The Labute approximate surface area is 124 Å². The van der Waals surface area contributed by atoms with E-state index in [9.17, 15) is 4.79 Å². The van der Waals surface area contributed by atoms with Crippen LogP contribution in [0.5, 0.6) is 0 Å². The van der Waals surface area contributed by atoms with Gasteiger partial charge in [0.1, 0.15) is 0 Å². The van der Waals surface area contributed by atoms with Crippen molar-refractivity contribution in [2.24, 2.45) is 11.7 Å². The quantitative estimate of drug-likeness (QED) is 0.785. The largest absolute Gasteiger partial charge is 0.332 e. The van der Waals surface area contributed by atoms with E-state index in [1.54, 1.807) is 11.0 Å². The molecule has 1 heterocycles. The predicted octanol–water partition coefficient (Wildman–Crippen LogP) is 3.29. The van der Waals surface area contributed by atoms with Crippen LogP contribution in [0.3, 0.4) is 0 Å². The van der Waals surface area contributed by atoms with Crippen molar-refractivity contribution in [3.8, 4) is 0 Å². The van der Waals surface area contributed by atoms with Crippen LogP contribution in [0.1, 0.15) is 25.1 Å². The van der Waals surface area contributed by atoms with Gasteiger partial charge in [-0.15, -0.1) is 17.9 Å². The van der Waals surface area contributed by atoms with E-state index in [0.29, 0.717) is 13.1 Å². The number of amides is 1. The Morgan fingerprint density at radius 2 is 2.32 bits per heavy atom. The van der Waals surface area contributed by atoms with Crippen LogP contribution in [-0.2, 0) is 11.3 Å². The second-order valence-electron chi connectivity index (χ2n) is 4.62. The molecule has 0 spiro atoms. The lowest BCUT2D eigenvalue weighted by Gasteiger charge is -2.26. The molecule has 0 aromatic carbocycles. The van der Waals surface area contributed by atoms with Gasteiger partial charge in [-0.1, -0.05) is 37.9 Å². The number of halogens is 1. The first-order valence-electron chi connectivity index (χ1n) is 6.39. The number of nitrogens with zero attached hydrogens (tertiary/aromatic N) is 1. The molecule has 1 aromatic rings. The summed E-state index contributed by atoms with van der Waals surface area (Å²) in [4.78, 5) is 15.1. The van der Waals surface area contributed by atoms with Crippen LogP contribution in [0.25, 0.3) is 0 Å². The van der Waals surface area contributed by atoms with Crippen molar-refractivity contribution in [3.05, 3.63) is 34.0 Å². The summed E-state index contributed by atoms with van der Waals surface area (Å²) in [7, 11) is 0. The fourth-order valence-electron chi connectivity index (χ4n) is 1.72. The van der Waals surface area contributed by atoms with Crippen molar-refractivity contribution >= 4 is 28.8 Å². The molecule has 1 aromatic heterocycles. The second kappa shape index (κ2) is 7.68. The van der Waals surface area contributed by atoms with Gasteiger partial charge in [0.05, 0.1) is 16.9 Å². The van der Waals surface area contributed by atoms with E-state index in [4.69, 9.17) is 17.3 Å². The van der Waals surface area contributed by atoms with Gasteiger partial charge in [-0.3, -0.25) is 4.79 Å². The molecule has 19 heavy (non-hydrogen) atoms. The van der Waals surface area contributed by atoms with Crippen LogP contribution in [0.15, 0.2) is 24.8 Å². The number of carbonyl (C=O) groups is 1. The van der Waals surface area contributed by atoms with Crippen molar-refractivity contribution in [3.63, 3.8) is 0 Å². The lowest BCUT2D eigenvalue weighted by atomic mass is 9.99. The maximum atomic E-state index is 12.4. The minimum atomic E-state index is -0.458. The number of hydrogen-bond acceptors (Lipinski definition) is 3. The average molecular weight is 301 g/mol. The monoisotopic (exact) mass is 300 g/mol. The number of rotatable bonds is 7. The van der Waals surface area contributed by atoms with E-state index in [1.807, 2.05) is 26.0 Å². The Morgan fingerprint density at radius 3 is 2.79 bits per heavy atom. The molecule has 3 nitrogen and oxygen atoms in total. The third-order valence-electron chi connectivity index (χ3n) is 3.18. The summed E-state index contributed by atoms with van der Waals surface area (Å²) in [6, 6.07) is 3.32. The van der Waals surface area contributed by atoms with Gasteiger partial charge < -0.3 is 10.6 Å². The highest BCUT2D eigenvalue weighted by atomic mass is 35.5. The summed E-state index contributed by atoms with van der Waals surface area (Å²) >= 11 is 7.39. The highest BCUT2D eigenvalue weighted by Gasteiger charge is 2.24. The molecule has 1 amide bonds. The van der Waals surface area contributed by atoms with Crippen molar-refractivity contribution in [1.29, 1.82) is 0 Å². The van der Waals surface area contributed by atoms with Gasteiger partial charge in [0.15, 0.2) is 0 Å². The maximum absolute atomic E-state index is 12.4. The minimum absolute atomic E-state index is 0.0289. The van der Waals surface area contributed by atoms with Gasteiger partial charge in [-0.25, -0.2) is 0 Å². The van der Waals surface area contributed by atoms with Crippen molar-refractivity contribution in [2.75, 3.05) is 6.54 Å².